The molecule has 2 nitrogen and oxygen atoms in total. The number of nitrogens with two attached hydrogens (primary N) is 1. The molecule has 0 atom stereocenters. The number of rotatable bonds is 2. The van der Waals surface area contributed by atoms with Gasteiger partial charge in [-0.05, 0) is 25.7 Å². The smallest absolute Gasteiger partial charge is 0.224 e. The van der Waals surface area contributed by atoms with E-state index in [1.165, 1.54) is 32.2 Å². The van der Waals surface area contributed by atoms with Crippen molar-refractivity contribution in [3.8, 4) is 0 Å². The molecule has 0 spiro atoms. The third-order valence-corrected chi connectivity index (χ3v) is 3.56. The van der Waals surface area contributed by atoms with Gasteiger partial charge in [0, 0.05) is 12.0 Å². The lowest BCUT2D eigenvalue weighted by atomic mass is 9.86. The van der Waals surface area contributed by atoms with Crippen LogP contribution in [0.3, 0.4) is 0 Å². The fraction of sp³-hybridized carbons (Fsp3) is 0.700. The first-order chi connectivity index (χ1) is 6.34. The minimum absolute atomic E-state index is 0.476. The van der Waals surface area contributed by atoms with E-state index in [0.717, 1.165) is 5.92 Å². The van der Waals surface area contributed by atoms with Crippen LogP contribution in [0.2, 0.25) is 0 Å². The predicted octanol–water partition coefficient (Wildman–Crippen LogP) is 1.55. The molecular formula is C10H17N2S+. The Balaban J connectivity index is 1.83. The SMILES string of the molecule is NC1CCC(C[n+]2ccsc2)CC1. The van der Waals surface area contributed by atoms with Gasteiger partial charge in [-0.2, -0.15) is 4.57 Å². The van der Waals surface area contributed by atoms with Gasteiger partial charge in [0.15, 0.2) is 12.7 Å². The van der Waals surface area contributed by atoms with E-state index in [1.807, 2.05) is 0 Å². The topological polar surface area (TPSA) is 29.9 Å². The highest BCUT2D eigenvalue weighted by Gasteiger charge is 2.21. The number of aromatic nitrogens is 1. The summed E-state index contributed by atoms with van der Waals surface area (Å²) in [4.78, 5) is 0. The maximum atomic E-state index is 5.87. The average Bonchev–Trinajstić information content (AvgIpc) is 2.62. The Morgan fingerprint density at radius 3 is 2.69 bits per heavy atom. The molecule has 0 aromatic carbocycles. The lowest BCUT2D eigenvalue weighted by molar-refractivity contribution is -0.699. The lowest BCUT2D eigenvalue weighted by Crippen LogP contribution is -2.37. The molecular weight excluding hydrogens is 180 g/mol. The largest absolute Gasteiger partial charge is 0.328 e. The zero-order valence-electron chi connectivity index (χ0n) is 7.86. The summed E-state index contributed by atoms with van der Waals surface area (Å²) in [5, 5.41) is 2.13. The van der Waals surface area contributed by atoms with Crippen LogP contribution in [0.25, 0.3) is 0 Å². The molecule has 2 rings (SSSR count). The molecule has 0 radical (unpaired) electrons. The summed E-state index contributed by atoms with van der Waals surface area (Å²) in [6.07, 6.45) is 7.22. The van der Waals surface area contributed by atoms with Crippen molar-refractivity contribution in [2.24, 2.45) is 11.7 Å². The van der Waals surface area contributed by atoms with Crippen LogP contribution in [0.15, 0.2) is 17.1 Å². The maximum absolute atomic E-state index is 5.87. The standard InChI is InChI=1S/C10H17N2S/c11-10-3-1-9(2-4-10)7-12-5-6-13-8-12/h5-6,8-10H,1-4,7,11H2/q+1. The van der Waals surface area contributed by atoms with E-state index in [0.29, 0.717) is 6.04 Å². The van der Waals surface area contributed by atoms with Gasteiger partial charge in [0.2, 0.25) is 5.51 Å². The average molecular weight is 197 g/mol. The molecule has 1 fully saturated rings. The fourth-order valence-electron chi connectivity index (χ4n) is 2.03. The molecule has 2 N–H and O–H groups in total. The van der Waals surface area contributed by atoms with Crippen molar-refractivity contribution in [2.45, 2.75) is 38.3 Å². The van der Waals surface area contributed by atoms with Crippen molar-refractivity contribution < 1.29 is 4.57 Å². The van der Waals surface area contributed by atoms with E-state index >= 15 is 0 Å². The van der Waals surface area contributed by atoms with Crippen molar-refractivity contribution in [3.63, 3.8) is 0 Å². The molecule has 72 valence electrons. The molecule has 0 aliphatic heterocycles. The minimum Gasteiger partial charge on any atom is -0.328 e. The summed E-state index contributed by atoms with van der Waals surface area (Å²) >= 11 is 1.77. The zero-order valence-corrected chi connectivity index (χ0v) is 8.67. The van der Waals surface area contributed by atoms with Crippen LogP contribution in [0.5, 0.6) is 0 Å². The Bertz CT molecular complexity index is 237. The summed E-state index contributed by atoms with van der Waals surface area (Å²) in [7, 11) is 0. The molecule has 1 saturated carbocycles. The Morgan fingerprint density at radius 2 is 2.08 bits per heavy atom. The van der Waals surface area contributed by atoms with Crippen molar-refractivity contribution in [1.29, 1.82) is 0 Å². The molecule has 0 bridgehead atoms. The summed E-state index contributed by atoms with van der Waals surface area (Å²) in [5.74, 6) is 0.861. The van der Waals surface area contributed by atoms with E-state index in [4.69, 9.17) is 5.73 Å². The zero-order chi connectivity index (χ0) is 9.10. The van der Waals surface area contributed by atoms with Gasteiger partial charge in [-0.25, -0.2) is 0 Å². The Morgan fingerprint density at radius 1 is 1.31 bits per heavy atom. The highest BCUT2D eigenvalue weighted by Crippen LogP contribution is 2.23. The summed E-state index contributed by atoms with van der Waals surface area (Å²) in [5.41, 5.74) is 8.05. The van der Waals surface area contributed by atoms with Crippen molar-refractivity contribution in [2.75, 3.05) is 0 Å². The molecule has 0 saturated heterocycles. The van der Waals surface area contributed by atoms with Crippen LogP contribution in [0.4, 0.5) is 0 Å². The molecule has 1 aliphatic rings. The van der Waals surface area contributed by atoms with Crippen LogP contribution in [-0.4, -0.2) is 6.04 Å². The first-order valence-corrected chi connectivity index (χ1v) is 5.95. The van der Waals surface area contributed by atoms with Crippen molar-refractivity contribution >= 4 is 11.3 Å². The second kappa shape index (κ2) is 4.20. The van der Waals surface area contributed by atoms with E-state index in [9.17, 15) is 0 Å². The van der Waals surface area contributed by atoms with E-state index in [2.05, 4.69) is 21.7 Å². The van der Waals surface area contributed by atoms with Gasteiger partial charge in [0.1, 0.15) is 0 Å². The van der Waals surface area contributed by atoms with Gasteiger partial charge in [-0.3, -0.25) is 0 Å². The third-order valence-electron chi connectivity index (χ3n) is 2.89. The molecule has 0 amide bonds. The van der Waals surface area contributed by atoms with Gasteiger partial charge < -0.3 is 5.73 Å². The monoisotopic (exact) mass is 197 g/mol. The Labute approximate surface area is 83.4 Å². The van der Waals surface area contributed by atoms with E-state index in [-0.39, 0.29) is 0 Å². The lowest BCUT2D eigenvalue weighted by Gasteiger charge is -2.23. The van der Waals surface area contributed by atoms with E-state index in [1.54, 1.807) is 11.3 Å². The number of hydrogen-bond acceptors (Lipinski definition) is 2. The van der Waals surface area contributed by atoms with Crippen molar-refractivity contribution in [3.05, 3.63) is 17.1 Å². The molecule has 1 aromatic rings. The van der Waals surface area contributed by atoms with Crippen LogP contribution in [0, 0.1) is 5.92 Å². The van der Waals surface area contributed by atoms with Gasteiger partial charge >= 0.3 is 0 Å². The van der Waals surface area contributed by atoms with Crippen LogP contribution >= 0.6 is 11.3 Å². The molecule has 3 heteroatoms. The van der Waals surface area contributed by atoms with Crippen LogP contribution in [-0.2, 0) is 6.54 Å². The Hall–Kier alpha value is -0.410. The number of hydrogen-bond donors (Lipinski definition) is 1. The molecule has 0 unspecified atom stereocenters. The van der Waals surface area contributed by atoms with Gasteiger partial charge in [-0.15, -0.1) is 0 Å². The molecule has 1 aliphatic carbocycles. The van der Waals surface area contributed by atoms with Gasteiger partial charge in [0.25, 0.3) is 0 Å². The predicted molar refractivity (Wildman–Crippen MR) is 54.4 cm³/mol. The summed E-state index contributed by atoms with van der Waals surface area (Å²) in [6.45, 7) is 1.19. The van der Waals surface area contributed by atoms with Gasteiger partial charge in [-0.1, -0.05) is 11.3 Å². The van der Waals surface area contributed by atoms with Gasteiger partial charge in [0.05, 0.1) is 5.38 Å². The fourth-order valence-corrected chi connectivity index (χ4v) is 2.64. The molecule has 1 aromatic heterocycles. The first kappa shape index (κ1) is 9.16. The number of nitrogens with zero attached hydrogens (tertiary/aromatic N) is 1. The molecule has 13 heavy (non-hydrogen) atoms. The Kier molecular flexibility index (Phi) is 2.96. The van der Waals surface area contributed by atoms with E-state index < -0.39 is 0 Å². The normalized spacial score (nSPS) is 29.0. The van der Waals surface area contributed by atoms with Crippen LogP contribution in [0.1, 0.15) is 25.7 Å². The summed E-state index contributed by atoms with van der Waals surface area (Å²) in [6, 6.07) is 0.476. The van der Waals surface area contributed by atoms with Crippen molar-refractivity contribution in [1.82, 2.24) is 0 Å². The number of thiazole rings is 1. The highest BCUT2D eigenvalue weighted by atomic mass is 32.1. The quantitative estimate of drug-likeness (QED) is 0.716. The maximum Gasteiger partial charge on any atom is 0.224 e. The van der Waals surface area contributed by atoms with Crippen LogP contribution < -0.4 is 10.3 Å². The second-order valence-electron chi connectivity index (χ2n) is 4.00. The molecule has 1 heterocycles. The first-order valence-electron chi connectivity index (χ1n) is 5.01. The second-order valence-corrected chi connectivity index (χ2v) is 4.76. The third kappa shape index (κ3) is 2.51. The minimum atomic E-state index is 0.476. The highest BCUT2D eigenvalue weighted by molar-refractivity contribution is 7.07. The summed E-state index contributed by atoms with van der Waals surface area (Å²) < 4.78 is 2.30.